The highest BCUT2D eigenvalue weighted by molar-refractivity contribution is 5.88. The van der Waals surface area contributed by atoms with Crippen molar-refractivity contribution in [3.8, 4) is 0 Å². The fourth-order valence-corrected chi connectivity index (χ4v) is 2.65. The molecule has 108 valence electrons. The molecule has 0 spiro atoms. The summed E-state index contributed by atoms with van der Waals surface area (Å²) in [6, 6.07) is 5.64. The summed E-state index contributed by atoms with van der Waals surface area (Å²) in [4.78, 5) is 23.5. The highest BCUT2D eigenvalue weighted by atomic mass is 19.1. The van der Waals surface area contributed by atoms with Crippen molar-refractivity contribution in [2.45, 2.75) is 44.1 Å². The van der Waals surface area contributed by atoms with Gasteiger partial charge in [-0.3, -0.25) is 4.79 Å². The first-order valence-corrected chi connectivity index (χ1v) is 6.81. The van der Waals surface area contributed by atoms with Gasteiger partial charge in [-0.1, -0.05) is 31.4 Å². The van der Waals surface area contributed by atoms with E-state index in [1.165, 1.54) is 24.3 Å². The average Bonchev–Trinajstić information content (AvgIpc) is 2.42. The minimum Gasteiger partial charge on any atom is -0.480 e. The van der Waals surface area contributed by atoms with Gasteiger partial charge in [0.1, 0.15) is 11.4 Å². The number of benzene rings is 1. The Morgan fingerprint density at radius 1 is 1.15 bits per heavy atom. The lowest BCUT2D eigenvalue weighted by Gasteiger charge is -2.34. The molecule has 1 saturated carbocycles. The molecule has 0 atom stereocenters. The Balaban J connectivity index is 2.01. The van der Waals surface area contributed by atoms with Crippen molar-refractivity contribution in [3.05, 3.63) is 35.6 Å². The van der Waals surface area contributed by atoms with Crippen LogP contribution in [0, 0.1) is 5.82 Å². The van der Waals surface area contributed by atoms with Gasteiger partial charge in [-0.05, 0) is 30.5 Å². The molecule has 1 aliphatic rings. The largest absolute Gasteiger partial charge is 0.480 e. The van der Waals surface area contributed by atoms with E-state index < -0.39 is 11.5 Å². The summed E-state index contributed by atoms with van der Waals surface area (Å²) in [5.41, 5.74) is -0.463. The van der Waals surface area contributed by atoms with Crippen LogP contribution in [0.2, 0.25) is 0 Å². The van der Waals surface area contributed by atoms with Gasteiger partial charge in [0.05, 0.1) is 6.42 Å². The molecule has 1 aromatic carbocycles. The molecule has 1 amide bonds. The zero-order valence-corrected chi connectivity index (χ0v) is 11.2. The highest BCUT2D eigenvalue weighted by Crippen LogP contribution is 2.28. The van der Waals surface area contributed by atoms with E-state index in [-0.39, 0.29) is 18.1 Å². The van der Waals surface area contributed by atoms with Crippen molar-refractivity contribution in [2.24, 2.45) is 0 Å². The lowest BCUT2D eigenvalue weighted by atomic mass is 9.81. The van der Waals surface area contributed by atoms with Crippen LogP contribution < -0.4 is 5.32 Å². The quantitative estimate of drug-likeness (QED) is 0.888. The molecular formula is C15H18FNO3. The summed E-state index contributed by atoms with van der Waals surface area (Å²) < 4.78 is 12.8. The van der Waals surface area contributed by atoms with Crippen LogP contribution in [0.1, 0.15) is 37.7 Å². The van der Waals surface area contributed by atoms with Crippen LogP contribution in [-0.2, 0) is 16.0 Å². The second kappa shape index (κ2) is 6.03. The van der Waals surface area contributed by atoms with Crippen molar-refractivity contribution in [1.29, 1.82) is 0 Å². The molecule has 2 N–H and O–H groups in total. The van der Waals surface area contributed by atoms with Gasteiger partial charge in [0.25, 0.3) is 0 Å². The Hall–Kier alpha value is -1.91. The first-order chi connectivity index (χ1) is 9.52. The number of rotatable bonds is 4. The van der Waals surface area contributed by atoms with Gasteiger partial charge >= 0.3 is 5.97 Å². The molecule has 0 saturated heterocycles. The molecule has 0 aliphatic heterocycles. The molecule has 1 aliphatic carbocycles. The molecule has 0 unspecified atom stereocenters. The van der Waals surface area contributed by atoms with Crippen LogP contribution in [0.4, 0.5) is 4.39 Å². The Morgan fingerprint density at radius 2 is 1.75 bits per heavy atom. The molecule has 20 heavy (non-hydrogen) atoms. The lowest BCUT2D eigenvalue weighted by Crippen LogP contribution is -2.55. The summed E-state index contributed by atoms with van der Waals surface area (Å²) in [6.45, 7) is 0. The van der Waals surface area contributed by atoms with Crippen LogP contribution in [0.25, 0.3) is 0 Å². The van der Waals surface area contributed by atoms with Crippen LogP contribution in [0.3, 0.4) is 0 Å². The van der Waals surface area contributed by atoms with E-state index in [1.54, 1.807) is 0 Å². The Labute approximate surface area is 117 Å². The number of carboxylic acids is 1. The molecule has 1 aromatic rings. The standard InChI is InChI=1S/C15H18FNO3/c16-12-6-4-11(5-7-12)10-13(18)17-15(14(19)20)8-2-1-3-9-15/h4-7H,1-3,8-10H2,(H,17,18)(H,19,20). The van der Waals surface area contributed by atoms with E-state index in [4.69, 9.17) is 0 Å². The molecular weight excluding hydrogens is 261 g/mol. The fourth-order valence-electron chi connectivity index (χ4n) is 2.65. The summed E-state index contributed by atoms with van der Waals surface area (Å²) in [6.07, 6.45) is 3.62. The Bertz CT molecular complexity index is 492. The van der Waals surface area contributed by atoms with Gasteiger partial charge in [-0.15, -0.1) is 0 Å². The van der Waals surface area contributed by atoms with Gasteiger partial charge in [0, 0.05) is 0 Å². The van der Waals surface area contributed by atoms with Crippen LogP contribution >= 0.6 is 0 Å². The summed E-state index contributed by atoms with van der Waals surface area (Å²) in [5, 5.41) is 12.0. The molecule has 2 rings (SSSR count). The third kappa shape index (κ3) is 3.35. The minimum absolute atomic E-state index is 0.0648. The number of carboxylic acid groups (broad SMARTS) is 1. The van der Waals surface area contributed by atoms with Gasteiger partial charge in [-0.2, -0.15) is 0 Å². The maximum atomic E-state index is 12.8. The number of halogens is 1. The van der Waals surface area contributed by atoms with Gasteiger partial charge in [0.15, 0.2) is 0 Å². The lowest BCUT2D eigenvalue weighted by molar-refractivity contribution is -0.149. The number of aliphatic carboxylic acids is 1. The molecule has 0 aromatic heterocycles. The van der Waals surface area contributed by atoms with Crippen molar-refractivity contribution < 1.29 is 19.1 Å². The number of nitrogens with one attached hydrogen (secondary N) is 1. The summed E-state index contributed by atoms with van der Waals surface area (Å²) in [5.74, 6) is -1.66. The SMILES string of the molecule is O=C(Cc1ccc(F)cc1)NC1(C(=O)O)CCCCC1. The van der Waals surface area contributed by atoms with E-state index in [0.29, 0.717) is 18.4 Å². The number of hydrogen-bond acceptors (Lipinski definition) is 2. The summed E-state index contributed by atoms with van der Waals surface area (Å²) >= 11 is 0. The summed E-state index contributed by atoms with van der Waals surface area (Å²) in [7, 11) is 0. The van der Waals surface area contributed by atoms with E-state index >= 15 is 0 Å². The number of amides is 1. The molecule has 0 bridgehead atoms. The smallest absolute Gasteiger partial charge is 0.329 e. The second-order valence-corrected chi connectivity index (χ2v) is 5.30. The van der Waals surface area contributed by atoms with Crippen molar-refractivity contribution >= 4 is 11.9 Å². The minimum atomic E-state index is -1.13. The van der Waals surface area contributed by atoms with Crippen LogP contribution in [-0.4, -0.2) is 22.5 Å². The van der Waals surface area contributed by atoms with Gasteiger partial charge in [0.2, 0.25) is 5.91 Å². The number of hydrogen-bond donors (Lipinski definition) is 2. The zero-order chi connectivity index (χ0) is 14.6. The first kappa shape index (κ1) is 14.5. The van der Waals surface area contributed by atoms with Gasteiger partial charge < -0.3 is 10.4 Å². The maximum Gasteiger partial charge on any atom is 0.329 e. The highest BCUT2D eigenvalue weighted by Gasteiger charge is 2.40. The normalized spacial score (nSPS) is 17.4. The van der Waals surface area contributed by atoms with E-state index in [1.807, 2.05) is 0 Å². The van der Waals surface area contributed by atoms with Crippen molar-refractivity contribution in [1.82, 2.24) is 5.32 Å². The average molecular weight is 279 g/mol. The predicted octanol–water partition coefficient (Wildman–Crippen LogP) is 2.27. The van der Waals surface area contributed by atoms with Crippen LogP contribution in [0.5, 0.6) is 0 Å². The first-order valence-electron chi connectivity index (χ1n) is 6.81. The van der Waals surface area contributed by atoms with Crippen LogP contribution in [0.15, 0.2) is 24.3 Å². The van der Waals surface area contributed by atoms with E-state index in [2.05, 4.69) is 5.32 Å². The third-order valence-electron chi connectivity index (χ3n) is 3.77. The third-order valence-corrected chi connectivity index (χ3v) is 3.77. The Morgan fingerprint density at radius 3 is 2.30 bits per heavy atom. The predicted molar refractivity (Wildman–Crippen MR) is 71.7 cm³/mol. The number of carbonyl (C=O) groups is 2. The van der Waals surface area contributed by atoms with Gasteiger partial charge in [-0.25, -0.2) is 9.18 Å². The molecule has 4 nitrogen and oxygen atoms in total. The zero-order valence-electron chi connectivity index (χ0n) is 11.2. The molecule has 0 radical (unpaired) electrons. The van der Waals surface area contributed by atoms with Crippen molar-refractivity contribution in [2.75, 3.05) is 0 Å². The monoisotopic (exact) mass is 279 g/mol. The number of carbonyl (C=O) groups excluding carboxylic acids is 1. The molecule has 5 heteroatoms. The maximum absolute atomic E-state index is 12.8. The van der Waals surface area contributed by atoms with E-state index in [0.717, 1.165) is 19.3 Å². The topological polar surface area (TPSA) is 66.4 Å². The Kier molecular flexibility index (Phi) is 4.37. The molecule has 1 fully saturated rings. The van der Waals surface area contributed by atoms with Crippen molar-refractivity contribution in [3.63, 3.8) is 0 Å². The second-order valence-electron chi connectivity index (χ2n) is 5.30. The fraction of sp³-hybridized carbons (Fsp3) is 0.467. The molecule has 0 heterocycles. The van der Waals surface area contributed by atoms with E-state index in [9.17, 15) is 19.1 Å².